The van der Waals surface area contributed by atoms with Crippen LogP contribution in [0.2, 0.25) is 0 Å². The first kappa shape index (κ1) is 11.6. The Morgan fingerprint density at radius 3 is 3.00 bits per heavy atom. The van der Waals surface area contributed by atoms with Gasteiger partial charge in [-0.3, -0.25) is 9.48 Å². The summed E-state index contributed by atoms with van der Waals surface area (Å²) in [7, 11) is 1.75. The lowest BCUT2D eigenvalue weighted by Gasteiger charge is -2.15. The Labute approximate surface area is 100 Å². The lowest BCUT2D eigenvalue weighted by molar-refractivity contribution is 0.0923. The number of carbonyl (C=O) groups is 1. The van der Waals surface area contributed by atoms with Gasteiger partial charge in [0.1, 0.15) is 5.69 Å². The number of carbonyl (C=O) groups excluding carboxylic acids is 1. The molecule has 1 fully saturated rings. The van der Waals surface area contributed by atoms with Crippen molar-refractivity contribution >= 4 is 5.91 Å². The molecule has 0 saturated heterocycles. The minimum atomic E-state index is -0.139. The quantitative estimate of drug-likeness (QED) is 0.831. The zero-order valence-corrected chi connectivity index (χ0v) is 10.1. The van der Waals surface area contributed by atoms with E-state index in [2.05, 4.69) is 16.5 Å². The van der Waals surface area contributed by atoms with Crippen LogP contribution in [0.1, 0.15) is 35.4 Å². The molecule has 0 radical (unpaired) electrons. The average Bonchev–Trinajstić information content (AvgIpc) is 2.84. The van der Waals surface area contributed by atoms with E-state index in [0.29, 0.717) is 5.69 Å². The second-order valence-corrected chi connectivity index (χ2v) is 4.54. The van der Waals surface area contributed by atoms with Crippen molar-refractivity contribution in [2.24, 2.45) is 13.0 Å². The zero-order valence-electron chi connectivity index (χ0n) is 10.1. The molecular weight excluding hydrogens is 216 g/mol. The highest BCUT2D eigenvalue weighted by Crippen LogP contribution is 2.25. The molecule has 2 atom stereocenters. The maximum absolute atomic E-state index is 12.0. The SMILES string of the molecule is Cc1cc(C(=O)NC2CCCC2C#N)n(C)n1. The summed E-state index contributed by atoms with van der Waals surface area (Å²) in [5, 5.41) is 16.0. The van der Waals surface area contributed by atoms with Crippen LogP contribution in [0, 0.1) is 24.2 Å². The molecule has 0 aliphatic heterocycles. The third kappa shape index (κ3) is 2.31. The van der Waals surface area contributed by atoms with Gasteiger partial charge in [-0.05, 0) is 32.3 Å². The van der Waals surface area contributed by atoms with Gasteiger partial charge < -0.3 is 5.32 Å². The van der Waals surface area contributed by atoms with Crippen LogP contribution in [-0.4, -0.2) is 21.7 Å². The Bertz CT molecular complexity index is 471. The van der Waals surface area contributed by atoms with E-state index >= 15 is 0 Å². The van der Waals surface area contributed by atoms with Crippen molar-refractivity contribution in [2.75, 3.05) is 0 Å². The number of nitrogens with zero attached hydrogens (tertiary/aromatic N) is 3. The third-order valence-electron chi connectivity index (χ3n) is 3.23. The molecule has 1 aliphatic carbocycles. The number of hydrogen-bond acceptors (Lipinski definition) is 3. The fourth-order valence-electron chi connectivity index (χ4n) is 2.35. The van der Waals surface area contributed by atoms with E-state index in [9.17, 15) is 4.79 Å². The van der Waals surface area contributed by atoms with Crippen LogP contribution < -0.4 is 5.32 Å². The molecule has 1 heterocycles. The molecule has 17 heavy (non-hydrogen) atoms. The molecule has 1 N–H and O–H groups in total. The monoisotopic (exact) mass is 232 g/mol. The molecule has 90 valence electrons. The average molecular weight is 232 g/mol. The van der Waals surface area contributed by atoms with Crippen molar-refractivity contribution in [1.82, 2.24) is 15.1 Å². The van der Waals surface area contributed by atoms with Gasteiger partial charge in [0.05, 0.1) is 17.7 Å². The molecule has 5 nitrogen and oxygen atoms in total. The van der Waals surface area contributed by atoms with E-state index in [4.69, 9.17) is 5.26 Å². The highest BCUT2D eigenvalue weighted by Gasteiger charge is 2.29. The Hall–Kier alpha value is -1.83. The maximum atomic E-state index is 12.0. The van der Waals surface area contributed by atoms with Crippen molar-refractivity contribution in [3.05, 3.63) is 17.5 Å². The molecule has 1 amide bonds. The van der Waals surface area contributed by atoms with E-state index in [0.717, 1.165) is 25.0 Å². The van der Waals surface area contributed by atoms with Crippen molar-refractivity contribution < 1.29 is 4.79 Å². The van der Waals surface area contributed by atoms with Crippen molar-refractivity contribution in [1.29, 1.82) is 5.26 Å². The first-order valence-electron chi connectivity index (χ1n) is 5.83. The van der Waals surface area contributed by atoms with Crippen LogP contribution in [0.5, 0.6) is 0 Å². The Balaban J connectivity index is 2.07. The lowest BCUT2D eigenvalue weighted by Crippen LogP contribution is -2.37. The predicted octanol–water partition coefficient (Wildman–Crippen LogP) is 1.15. The van der Waals surface area contributed by atoms with Gasteiger partial charge in [-0.25, -0.2) is 0 Å². The van der Waals surface area contributed by atoms with Gasteiger partial charge in [0.15, 0.2) is 0 Å². The summed E-state index contributed by atoms with van der Waals surface area (Å²) >= 11 is 0. The van der Waals surface area contributed by atoms with E-state index in [1.54, 1.807) is 17.8 Å². The van der Waals surface area contributed by atoms with Crippen LogP contribution in [0.4, 0.5) is 0 Å². The van der Waals surface area contributed by atoms with Crippen LogP contribution >= 0.6 is 0 Å². The minimum Gasteiger partial charge on any atom is -0.347 e. The highest BCUT2D eigenvalue weighted by molar-refractivity contribution is 5.92. The first-order chi connectivity index (χ1) is 8.11. The third-order valence-corrected chi connectivity index (χ3v) is 3.23. The molecule has 0 aromatic carbocycles. The fraction of sp³-hybridized carbons (Fsp3) is 0.583. The van der Waals surface area contributed by atoms with Crippen LogP contribution in [0.3, 0.4) is 0 Å². The number of aromatic nitrogens is 2. The minimum absolute atomic E-state index is 0.0114. The number of nitriles is 1. The summed E-state index contributed by atoms with van der Waals surface area (Å²) in [6.07, 6.45) is 2.78. The molecule has 1 aliphatic rings. The fourth-order valence-corrected chi connectivity index (χ4v) is 2.35. The second-order valence-electron chi connectivity index (χ2n) is 4.54. The maximum Gasteiger partial charge on any atom is 0.269 e. The molecule has 5 heteroatoms. The standard InChI is InChI=1S/C12H16N4O/c1-8-6-11(16(2)15-8)12(17)14-10-5-3-4-9(10)7-13/h6,9-10H,3-5H2,1-2H3,(H,14,17). The number of nitrogens with one attached hydrogen (secondary N) is 1. The molecule has 1 saturated carbocycles. The van der Waals surface area contributed by atoms with E-state index < -0.39 is 0 Å². The van der Waals surface area contributed by atoms with Gasteiger partial charge in [-0.15, -0.1) is 0 Å². The van der Waals surface area contributed by atoms with Gasteiger partial charge in [0, 0.05) is 13.1 Å². The van der Waals surface area contributed by atoms with Crippen molar-refractivity contribution in [3.8, 4) is 6.07 Å². The lowest BCUT2D eigenvalue weighted by atomic mass is 10.1. The molecule has 0 spiro atoms. The Kier molecular flexibility index (Phi) is 3.14. The topological polar surface area (TPSA) is 70.7 Å². The van der Waals surface area contributed by atoms with E-state index in [-0.39, 0.29) is 17.9 Å². The highest BCUT2D eigenvalue weighted by atomic mass is 16.2. The molecule has 2 unspecified atom stereocenters. The van der Waals surface area contributed by atoms with Crippen LogP contribution in [0.25, 0.3) is 0 Å². The van der Waals surface area contributed by atoms with E-state index in [1.165, 1.54) is 0 Å². The molecule has 1 aromatic heterocycles. The Morgan fingerprint density at radius 1 is 1.65 bits per heavy atom. The largest absolute Gasteiger partial charge is 0.347 e. The number of hydrogen-bond donors (Lipinski definition) is 1. The molecule has 2 rings (SSSR count). The molecule has 0 bridgehead atoms. The van der Waals surface area contributed by atoms with Gasteiger partial charge in [-0.2, -0.15) is 10.4 Å². The first-order valence-corrected chi connectivity index (χ1v) is 5.83. The van der Waals surface area contributed by atoms with Crippen molar-refractivity contribution in [2.45, 2.75) is 32.2 Å². The summed E-state index contributed by atoms with van der Waals surface area (Å²) in [5.41, 5.74) is 1.37. The molecular formula is C12H16N4O. The summed E-state index contributed by atoms with van der Waals surface area (Å²) in [6.45, 7) is 1.85. The van der Waals surface area contributed by atoms with Crippen LogP contribution in [-0.2, 0) is 7.05 Å². The van der Waals surface area contributed by atoms with Crippen LogP contribution in [0.15, 0.2) is 6.07 Å². The number of aryl methyl sites for hydroxylation is 2. The van der Waals surface area contributed by atoms with Gasteiger partial charge in [-0.1, -0.05) is 0 Å². The van der Waals surface area contributed by atoms with Gasteiger partial charge in [0.25, 0.3) is 5.91 Å². The zero-order chi connectivity index (χ0) is 12.4. The normalized spacial score (nSPS) is 23.4. The summed E-state index contributed by atoms with van der Waals surface area (Å²) in [4.78, 5) is 12.0. The van der Waals surface area contributed by atoms with E-state index in [1.807, 2.05) is 6.92 Å². The van der Waals surface area contributed by atoms with Crippen molar-refractivity contribution in [3.63, 3.8) is 0 Å². The molecule has 1 aromatic rings. The van der Waals surface area contributed by atoms with Gasteiger partial charge in [0.2, 0.25) is 0 Å². The summed E-state index contributed by atoms with van der Waals surface area (Å²) < 4.78 is 1.57. The summed E-state index contributed by atoms with van der Waals surface area (Å²) in [6, 6.07) is 4.00. The second kappa shape index (κ2) is 4.58. The Morgan fingerprint density at radius 2 is 2.41 bits per heavy atom. The van der Waals surface area contributed by atoms with Gasteiger partial charge >= 0.3 is 0 Å². The smallest absolute Gasteiger partial charge is 0.269 e. The number of amides is 1. The predicted molar refractivity (Wildman–Crippen MR) is 62.2 cm³/mol. The summed E-state index contributed by atoms with van der Waals surface area (Å²) in [5.74, 6) is -0.187. The number of rotatable bonds is 2.